The summed E-state index contributed by atoms with van der Waals surface area (Å²) in [4.78, 5) is 8.20. The Labute approximate surface area is 107 Å². The maximum absolute atomic E-state index is 11.2. The molecule has 3 N–H and O–H groups in total. The van der Waals surface area contributed by atoms with Crippen molar-refractivity contribution in [1.29, 1.82) is 0 Å². The highest BCUT2D eigenvalue weighted by atomic mass is 32.2. The molecule has 1 aromatic heterocycles. The molecule has 1 heterocycles. The molecule has 0 aromatic carbocycles. The molecule has 102 valence electrons. The third-order valence-corrected chi connectivity index (χ3v) is 3.77. The van der Waals surface area contributed by atoms with Crippen LogP contribution in [0.15, 0.2) is 6.33 Å². The van der Waals surface area contributed by atoms with Gasteiger partial charge in [-0.2, -0.15) is 0 Å². The smallest absolute Gasteiger partial charge is 0.213 e. The van der Waals surface area contributed by atoms with Crippen LogP contribution in [0.5, 0.6) is 0 Å². The molecule has 0 bridgehead atoms. The normalized spacial score (nSPS) is 11.3. The number of rotatable bonds is 7. The molecule has 0 saturated carbocycles. The predicted octanol–water partition coefficient (Wildman–Crippen LogP) is 0.178. The Balaban J connectivity index is 2.65. The summed E-state index contributed by atoms with van der Waals surface area (Å²) in [5, 5.41) is 6.10. The summed E-state index contributed by atoms with van der Waals surface area (Å²) < 4.78 is 24.8. The summed E-state index contributed by atoms with van der Waals surface area (Å²) in [7, 11) is -1.80. The number of hydrogen-bond acceptors (Lipinski definition) is 6. The van der Waals surface area contributed by atoms with Gasteiger partial charge in [0.1, 0.15) is 18.0 Å². The second-order valence-electron chi connectivity index (χ2n) is 3.68. The second kappa shape index (κ2) is 6.50. The molecular weight excluding hydrogens is 254 g/mol. The fraction of sp³-hybridized carbons (Fsp3) is 0.600. The average molecular weight is 273 g/mol. The van der Waals surface area contributed by atoms with Gasteiger partial charge in [-0.15, -0.1) is 0 Å². The van der Waals surface area contributed by atoms with Crippen LogP contribution in [0.1, 0.15) is 12.5 Å². The Bertz CT molecular complexity index is 489. The number of anilines is 2. The van der Waals surface area contributed by atoms with Crippen molar-refractivity contribution in [2.45, 2.75) is 13.8 Å². The van der Waals surface area contributed by atoms with Crippen molar-refractivity contribution in [3.05, 3.63) is 11.9 Å². The van der Waals surface area contributed by atoms with Crippen molar-refractivity contribution < 1.29 is 8.42 Å². The molecule has 1 rings (SSSR count). The average Bonchev–Trinajstić information content (AvgIpc) is 2.34. The van der Waals surface area contributed by atoms with Gasteiger partial charge < -0.3 is 10.6 Å². The van der Waals surface area contributed by atoms with E-state index >= 15 is 0 Å². The summed E-state index contributed by atoms with van der Waals surface area (Å²) in [6.45, 7) is 4.93. The van der Waals surface area contributed by atoms with E-state index in [2.05, 4.69) is 25.3 Å². The van der Waals surface area contributed by atoms with Crippen LogP contribution in [0.25, 0.3) is 0 Å². The molecule has 0 amide bonds. The van der Waals surface area contributed by atoms with E-state index in [4.69, 9.17) is 0 Å². The van der Waals surface area contributed by atoms with E-state index in [1.54, 1.807) is 0 Å². The third kappa shape index (κ3) is 4.11. The largest absolute Gasteiger partial charge is 0.370 e. The van der Waals surface area contributed by atoms with Crippen molar-refractivity contribution >= 4 is 21.7 Å². The molecule has 1 aromatic rings. The van der Waals surface area contributed by atoms with E-state index < -0.39 is 10.0 Å². The molecule has 0 radical (unpaired) electrons. The van der Waals surface area contributed by atoms with Gasteiger partial charge in [0.15, 0.2) is 0 Å². The zero-order valence-electron chi connectivity index (χ0n) is 10.8. The quantitative estimate of drug-likeness (QED) is 0.656. The Morgan fingerprint density at radius 2 is 1.83 bits per heavy atom. The van der Waals surface area contributed by atoms with Crippen molar-refractivity contribution in [3.63, 3.8) is 0 Å². The number of sulfonamides is 1. The Hall–Kier alpha value is -1.41. The van der Waals surface area contributed by atoms with Gasteiger partial charge in [0.05, 0.1) is 5.75 Å². The molecule has 0 unspecified atom stereocenters. The third-order valence-electron chi connectivity index (χ3n) is 2.40. The highest BCUT2D eigenvalue weighted by Crippen LogP contribution is 2.17. The van der Waals surface area contributed by atoms with E-state index in [1.807, 2.05) is 13.8 Å². The lowest BCUT2D eigenvalue weighted by Gasteiger charge is -2.11. The highest BCUT2D eigenvalue weighted by molar-refractivity contribution is 7.89. The molecular formula is C10H19N5O2S. The summed E-state index contributed by atoms with van der Waals surface area (Å²) in [5.41, 5.74) is 0.876. The van der Waals surface area contributed by atoms with Gasteiger partial charge >= 0.3 is 0 Å². The van der Waals surface area contributed by atoms with Gasteiger partial charge in [0, 0.05) is 18.7 Å². The van der Waals surface area contributed by atoms with Crippen LogP contribution in [0.2, 0.25) is 0 Å². The molecule has 0 aliphatic rings. The molecule has 0 aliphatic heterocycles. The van der Waals surface area contributed by atoms with E-state index in [1.165, 1.54) is 13.4 Å². The van der Waals surface area contributed by atoms with E-state index in [-0.39, 0.29) is 5.75 Å². The molecule has 0 aliphatic carbocycles. The van der Waals surface area contributed by atoms with E-state index in [9.17, 15) is 8.42 Å². The number of aromatic nitrogens is 2. The van der Waals surface area contributed by atoms with Gasteiger partial charge in [-0.3, -0.25) is 0 Å². The Morgan fingerprint density at radius 1 is 1.22 bits per heavy atom. The lowest BCUT2D eigenvalue weighted by Crippen LogP contribution is -2.26. The summed E-state index contributed by atoms with van der Waals surface area (Å²) in [6.07, 6.45) is 1.44. The minimum atomic E-state index is -3.19. The van der Waals surface area contributed by atoms with Crippen LogP contribution >= 0.6 is 0 Å². The van der Waals surface area contributed by atoms with Crippen LogP contribution in [0.3, 0.4) is 0 Å². The number of nitrogens with zero attached hydrogens (tertiary/aromatic N) is 2. The Morgan fingerprint density at radius 3 is 2.39 bits per heavy atom. The van der Waals surface area contributed by atoms with Gasteiger partial charge in [0.25, 0.3) is 0 Å². The standard InChI is InChI=1S/C10H19N5O2S/c1-4-12-9-8(2)10(15-7-14-9)13-5-6-18(16,17)11-3/h7,11H,4-6H2,1-3H3,(H2,12,13,14,15). The first kappa shape index (κ1) is 14.7. The summed E-state index contributed by atoms with van der Waals surface area (Å²) in [6, 6.07) is 0. The topological polar surface area (TPSA) is 96.0 Å². The maximum atomic E-state index is 11.2. The van der Waals surface area contributed by atoms with Crippen molar-refractivity contribution in [3.8, 4) is 0 Å². The zero-order chi connectivity index (χ0) is 13.6. The first-order valence-corrected chi connectivity index (χ1v) is 7.36. The first-order chi connectivity index (χ1) is 8.50. The fourth-order valence-electron chi connectivity index (χ4n) is 1.38. The zero-order valence-corrected chi connectivity index (χ0v) is 11.6. The number of nitrogens with one attached hydrogen (secondary N) is 3. The van der Waals surface area contributed by atoms with Crippen LogP contribution in [0, 0.1) is 6.92 Å². The fourth-order valence-corrected chi connectivity index (χ4v) is 1.95. The maximum Gasteiger partial charge on any atom is 0.213 e. The minimum Gasteiger partial charge on any atom is -0.370 e. The number of hydrogen-bond donors (Lipinski definition) is 3. The lowest BCUT2D eigenvalue weighted by atomic mass is 10.3. The molecule has 0 atom stereocenters. The van der Waals surface area contributed by atoms with Gasteiger partial charge in [-0.25, -0.2) is 23.1 Å². The predicted molar refractivity (Wildman–Crippen MR) is 72.3 cm³/mol. The molecule has 8 heteroatoms. The SMILES string of the molecule is CCNc1ncnc(NCCS(=O)(=O)NC)c1C. The van der Waals surface area contributed by atoms with Crippen molar-refractivity contribution in [2.24, 2.45) is 0 Å². The van der Waals surface area contributed by atoms with Gasteiger partial charge in [-0.05, 0) is 20.9 Å². The van der Waals surface area contributed by atoms with Crippen LogP contribution in [-0.4, -0.2) is 44.3 Å². The summed E-state index contributed by atoms with van der Waals surface area (Å²) in [5.74, 6) is 1.41. The minimum absolute atomic E-state index is 0.00345. The van der Waals surface area contributed by atoms with Crippen molar-refractivity contribution in [2.75, 3.05) is 36.5 Å². The highest BCUT2D eigenvalue weighted by Gasteiger charge is 2.09. The van der Waals surface area contributed by atoms with Gasteiger partial charge in [0.2, 0.25) is 10.0 Å². The Kier molecular flexibility index (Phi) is 5.29. The van der Waals surface area contributed by atoms with Gasteiger partial charge in [-0.1, -0.05) is 0 Å². The van der Waals surface area contributed by atoms with Crippen LogP contribution < -0.4 is 15.4 Å². The lowest BCUT2D eigenvalue weighted by molar-refractivity contribution is 0.588. The van der Waals surface area contributed by atoms with Crippen LogP contribution in [-0.2, 0) is 10.0 Å². The first-order valence-electron chi connectivity index (χ1n) is 5.70. The molecule has 7 nitrogen and oxygen atoms in total. The molecule has 0 fully saturated rings. The van der Waals surface area contributed by atoms with E-state index in [0.29, 0.717) is 12.4 Å². The molecule has 18 heavy (non-hydrogen) atoms. The summed E-state index contributed by atoms with van der Waals surface area (Å²) >= 11 is 0. The monoisotopic (exact) mass is 273 g/mol. The second-order valence-corrected chi connectivity index (χ2v) is 5.72. The van der Waals surface area contributed by atoms with Crippen LogP contribution in [0.4, 0.5) is 11.6 Å². The van der Waals surface area contributed by atoms with E-state index in [0.717, 1.165) is 17.9 Å². The molecule has 0 saturated heterocycles. The molecule has 0 spiro atoms. The van der Waals surface area contributed by atoms with Crippen molar-refractivity contribution in [1.82, 2.24) is 14.7 Å².